The van der Waals surface area contributed by atoms with E-state index >= 15 is 0 Å². The smallest absolute Gasteiger partial charge is 0.317 e. The van der Waals surface area contributed by atoms with Crippen LogP contribution in [-0.2, 0) is 0 Å². The second-order valence-corrected chi connectivity index (χ2v) is 8.26. The summed E-state index contributed by atoms with van der Waals surface area (Å²) in [6, 6.07) is 0.353. The van der Waals surface area contributed by atoms with Crippen LogP contribution in [0.1, 0.15) is 49.9 Å². The van der Waals surface area contributed by atoms with Crippen molar-refractivity contribution in [3.05, 3.63) is 16.1 Å². The third-order valence-electron chi connectivity index (χ3n) is 4.05. The number of carbonyl (C=O) groups is 1. The van der Waals surface area contributed by atoms with E-state index in [4.69, 9.17) is 0 Å². The van der Waals surface area contributed by atoms with Crippen molar-refractivity contribution in [1.29, 1.82) is 0 Å². The summed E-state index contributed by atoms with van der Waals surface area (Å²) in [5, 5.41) is 6.83. The van der Waals surface area contributed by atoms with Crippen LogP contribution in [0.25, 0.3) is 0 Å². The van der Waals surface area contributed by atoms with Gasteiger partial charge in [-0.25, -0.2) is 9.78 Å². The molecule has 0 spiro atoms. The van der Waals surface area contributed by atoms with Gasteiger partial charge in [-0.15, -0.1) is 11.3 Å². The molecule has 1 N–H and O–H groups in total. The molecule has 4 nitrogen and oxygen atoms in total. The normalized spacial score (nSPS) is 23.0. The molecule has 0 aromatic carbocycles. The number of nitrogens with zero attached hydrogens (tertiary/aromatic N) is 2. The molecule has 1 saturated carbocycles. The Morgan fingerprint density at radius 3 is 3.00 bits per heavy atom. The highest BCUT2D eigenvalue weighted by molar-refractivity contribution is 7.99. The predicted molar refractivity (Wildman–Crippen MR) is 91.1 cm³/mol. The van der Waals surface area contributed by atoms with E-state index in [-0.39, 0.29) is 12.1 Å². The Hall–Kier alpha value is -0.750. The van der Waals surface area contributed by atoms with Gasteiger partial charge in [0.2, 0.25) is 0 Å². The van der Waals surface area contributed by atoms with Gasteiger partial charge in [0.05, 0.1) is 16.7 Å². The van der Waals surface area contributed by atoms with Crippen molar-refractivity contribution >= 4 is 29.1 Å². The second-order valence-electron chi connectivity index (χ2n) is 5.62. The van der Waals surface area contributed by atoms with Crippen molar-refractivity contribution in [1.82, 2.24) is 15.2 Å². The lowest BCUT2D eigenvalue weighted by molar-refractivity contribution is 0.187. The number of amides is 2. The van der Waals surface area contributed by atoms with Crippen LogP contribution in [0.4, 0.5) is 4.79 Å². The third kappa shape index (κ3) is 4.36. The fourth-order valence-electron chi connectivity index (χ4n) is 2.76. The lowest BCUT2D eigenvalue weighted by Gasteiger charge is -2.26. The fraction of sp³-hybridized carbons (Fsp3) is 0.733. The molecule has 1 aromatic rings. The molecule has 6 heteroatoms. The van der Waals surface area contributed by atoms with E-state index in [1.807, 2.05) is 42.9 Å². The van der Waals surface area contributed by atoms with E-state index in [0.29, 0.717) is 11.3 Å². The highest BCUT2D eigenvalue weighted by Gasteiger charge is 2.30. The number of rotatable bonds is 5. The first-order chi connectivity index (χ1) is 10.0. The Labute approximate surface area is 135 Å². The maximum absolute atomic E-state index is 12.4. The zero-order valence-corrected chi connectivity index (χ0v) is 14.9. The zero-order chi connectivity index (χ0) is 15.4. The highest BCUT2D eigenvalue weighted by Crippen LogP contribution is 2.32. The molecule has 1 aliphatic carbocycles. The maximum Gasteiger partial charge on any atom is 0.317 e. The number of carbonyl (C=O) groups excluding carboxylic acids is 1. The van der Waals surface area contributed by atoms with Gasteiger partial charge in [-0.05, 0) is 38.9 Å². The molecule has 3 atom stereocenters. The first kappa shape index (κ1) is 16.6. The van der Waals surface area contributed by atoms with E-state index in [0.717, 1.165) is 29.3 Å². The Morgan fingerprint density at radius 1 is 1.62 bits per heavy atom. The lowest BCUT2D eigenvalue weighted by atomic mass is 10.2. The first-order valence-electron chi connectivity index (χ1n) is 7.58. The van der Waals surface area contributed by atoms with E-state index in [2.05, 4.69) is 17.2 Å². The van der Waals surface area contributed by atoms with Crippen LogP contribution in [0.5, 0.6) is 0 Å². The molecule has 1 fully saturated rings. The van der Waals surface area contributed by atoms with Gasteiger partial charge < -0.3 is 10.2 Å². The van der Waals surface area contributed by atoms with Crippen molar-refractivity contribution < 1.29 is 4.79 Å². The van der Waals surface area contributed by atoms with Crippen molar-refractivity contribution in [2.45, 2.75) is 57.4 Å². The van der Waals surface area contributed by atoms with Crippen LogP contribution in [0, 0.1) is 6.92 Å². The molecule has 1 aliphatic rings. The summed E-state index contributed by atoms with van der Waals surface area (Å²) in [4.78, 5) is 18.7. The molecule has 21 heavy (non-hydrogen) atoms. The molecule has 2 rings (SSSR count). The van der Waals surface area contributed by atoms with E-state index in [1.54, 1.807) is 11.3 Å². The molecule has 0 bridgehead atoms. The minimum atomic E-state index is -0.0351. The summed E-state index contributed by atoms with van der Waals surface area (Å²) >= 11 is 3.64. The van der Waals surface area contributed by atoms with Crippen LogP contribution in [0.2, 0.25) is 0 Å². The number of thiazole rings is 1. The summed E-state index contributed by atoms with van der Waals surface area (Å²) in [7, 11) is 1.91. The summed E-state index contributed by atoms with van der Waals surface area (Å²) in [5.41, 5.74) is 0.949. The number of aryl methyl sites for hydroxylation is 1. The Kier molecular flexibility index (Phi) is 5.93. The van der Waals surface area contributed by atoms with Crippen LogP contribution < -0.4 is 5.32 Å². The zero-order valence-electron chi connectivity index (χ0n) is 13.3. The van der Waals surface area contributed by atoms with E-state index < -0.39 is 0 Å². The fourth-order valence-corrected chi connectivity index (χ4v) is 4.60. The monoisotopic (exact) mass is 327 g/mol. The van der Waals surface area contributed by atoms with Crippen molar-refractivity contribution in [2.24, 2.45) is 0 Å². The molecule has 1 heterocycles. The lowest BCUT2D eigenvalue weighted by Crippen LogP contribution is -2.43. The van der Waals surface area contributed by atoms with Crippen LogP contribution >= 0.6 is 23.1 Å². The summed E-state index contributed by atoms with van der Waals surface area (Å²) in [6.45, 7) is 6.18. The number of hydrogen-bond donors (Lipinski definition) is 1. The SMILES string of the molecule is CCSC1CCC(N(C)C(=O)NC(C)c2csc(C)n2)C1. The molecule has 118 valence electrons. The molecule has 1 aromatic heterocycles. The topological polar surface area (TPSA) is 45.2 Å². The first-order valence-corrected chi connectivity index (χ1v) is 9.51. The van der Waals surface area contributed by atoms with Gasteiger partial charge in [0, 0.05) is 23.7 Å². The van der Waals surface area contributed by atoms with E-state index in [1.165, 1.54) is 6.42 Å². The average molecular weight is 328 g/mol. The van der Waals surface area contributed by atoms with Crippen molar-refractivity contribution in [3.63, 3.8) is 0 Å². The number of hydrogen-bond acceptors (Lipinski definition) is 4. The van der Waals surface area contributed by atoms with Gasteiger partial charge in [0.15, 0.2) is 0 Å². The highest BCUT2D eigenvalue weighted by atomic mass is 32.2. The summed E-state index contributed by atoms with van der Waals surface area (Å²) < 4.78 is 0. The van der Waals surface area contributed by atoms with Crippen molar-refractivity contribution in [2.75, 3.05) is 12.8 Å². The van der Waals surface area contributed by atoms with Gasteiger partial charge in [-0.3, -0.25) is 0 Å². The Bertz CT molecular complexity index is 477. The summed E-state index contributed by atoms with van der Waals surface area (Å²) in [5.74, 6) is 1.16. The second kappa shape index (κ2) is 7.49. The largest absolute Gasteiger partial charge is 0.330 e. The van der Waals surface area contributed by atoms with Crippen LogP contribution in [0.15, 0.2) is 5.38 Å². The minimum Gasteiger partial charge on any atom is -0.330 e. The van der Waals surface area contributed by atoms with Gasteiger partial charge in [0.1, 0.15) is 0 Å². The van der Waals surface area contributed by atoms with Gasteiger partial charge in [-0.2, -0.15) is 11.8 Å². The molecule has 2 amide bonds. The van der Waals surface area contributed by atoms with Gasteiger partial charge in [0.25, 0.3) is 0 Å². The molecule has 0 saturated heterocycles. The van der Waals surface area contributed by atoms with Gasteiger partial charge >= 0.3 is 6.03 Å². The van der Waals surface area contributed by atoms with Gasteiger partial charge in [-0.1, -0.05) is 6.92 Å². The molecule has 0 radical (unpaired) electrons. The predicted octanol–water partition coefficient (Wildman–Crippen LogP) is 3.83. The molecular weight excluding hydrogens is 302 g/mol. The number of aromatic nitrogens is 1. The van der Waals surface area contributed by atoms with Crippen molar-refractivity contribution in [3.8, 4) is 0 Å². The minimum absolute atomic E-state index is 0.0142. The third-order valence-corrected chi connectivity index (χ3v) is 6.07. The molecular formula is C15H25N3OS2. The molecule has 3 unspecified atom stereocenters. The Morgan fingerprint density at radius 2 is 2.38 bits per heavy atom. The Balaban J connectivity index is 1.85. The number of urea groups is 1. The molecule has 0 aliphatic heterocycles. The summed E-state index contributed by atoms with van der Waals surface area (Å²) in [6.07, 6.45) is 3.46. The van der Waals surface area contributed by atoms with Crippen LogP contribution in [-0.4, -0.2) is 40.0 Å². The number of thioether (sulfide) groups is 1. The van der Waals surface area contributed by atoms with E-state index in [9.17, 15) is 4.79 Å². The number of nitrogens with one attached hydrogen (secondary N) is 1. The van der Waals surface area contributed by atoms with Crippen LogP contribution in [0.3, 0.4) is 0 Å². The average Bonchev–Trinajstić information content (AvgIpc) is 3.07. The maximum atomic E-state index is 12.4. The standard InChI is InChI=1S/C15H25N3OS2/c1-5-20-13-7-6-12(8-13)18(4)15(19)16-10(2)14-9-21-11(3)17-14/h9-10,12-13H,5-8H2,1-4H3,(H,16,19). The quantitative estimate of drug-likeness (QED) is 0.894.